The smallest absolute Gasteiger partial charge is 0.260 e. The van der Waals surface area contributed by atoms with Gasteiger partial charge >= 0.3 is 0 Å². The lowest BCUT2D eigenvalue weighted by Crippen LogP contribution is -2.51. The molecule has 3 amide bonds. The minimum absolute atomic E-state index is 0.0883. The molecule has 1 aliphatic carbocycles. The van der Waals surface area contributed by atoms with Gasteiger partial charge in [0.2, 0.25) is 5.91 Å². The quantitative estimate of drug-likeness (QED) is 0.755. The number of anilines is 1. The zero-order valence-electron chi connectivity index (χ0n) is 17.3. The molecule has 158 valence electrons. The highest BCUT2D eigenvalue weighted by Gasteiger charge is 2.47. The Labute approximate surface area is 181 Å². The molecule has 2 aliphatic heterocycles. The van der Waals surface area contributed by atoms with Crippen LogP contribution in [-0.2, 0) is 4.79 Å². The van der Waals surface area contributed by atoms with Gasteiger partial charge in [-0.05, 0) is 50.3 Å². The van der Waals surface area contributed by atoms with Crippen molar-refractivity contribution in [2.45, 2.75) is 38.3 Å². The van der Waals surface area contributed by atoms with Crippen LogP contribution >= 0.6 is 0 Å². The van der Waals surface area contributed by atoms with Gasteiger partial charge in [0.25, 0.3) is 11.8 Å². The number of fused-ring (bicyclic) bond motifs is 5. The third-order valence-corrected chi connectivity index (χ3v) is 6.35. The predicted molar refractivity (Wildman–Crippen MR) is 118 cm³/mol. The molecule has 2 aromatic carbocycles. The number of hydrogen-bond acceptors (Lipinski definition) is 3. The van der Waals surface area contributed by atoms with Crippen LogP contribution in [0.15, 0.2) is 60.2 Å². The van der Waals surface area contributed by atoms with Crippen molar-refractivity contribution in [3.8, 4) is 0 Å². The Kier molecular flexibility index (Phi) is 5.06. The molecule has 0 fully saturated rings. The lowest BCUT2D eigenvalue weighted by molar-refractivity contribution is -0.122. The van der Waals surface area contributed by atoms with Crippen molar-refractivity contribution < 1.29 is 14.4 Å². The molecule has 6 nitrogen and oxygen atoms in total. The van der Waals surface area contributed by atoms with Crippen molar-refractivity contribution >= 4 is 23.4 Å². The summed E-state index contributed by atoms with van der Waals surface area (Å²) in [7, 11) is 0. The topological polar surface area (TPSA) is 69.7 Å². The van der Waals surface area contributed by atoms with E-state index < -0.39 is 6.17 Å². The first-order chi connectivity index (χ1) is 15.1. The van der Waals surface area contributed by atoms with Crippen molar-refractivity contribution in [3.05, 3.63) is 76.9 Å². The average Bonchev–Trinajstić information content (AvgIpc) is 3.10. The van der Waals surface area contributed by atoms with E-state index in [-0.39, 0.29) is 24.3 Å². The average molecular weight is 415 g/mol. The van der Waals surface area contributed by atoms with Crippen molar-refractivity contribution in [3.63, 3.8) is 0 Å². The molecule has 1 N–H and O–H groups in total. The van der Waals surface area contributed by atoms with Crippen LogP contribution in [0, 0.1) is 0 Å². The second-order valence-electron chi connectivity index (χ2n) is 8.29. The Bertz CT molecular complexity index is 1090. The molecule has 6 heteroatoms. The van der Waals surface area contributed by atoms with Crippen LogP contribution < -0.4 is 10.2 Å². The van der Waals surface area contributed by atoms with Gasteiger partial charge in [-0.1, -0.05) is 42.0 Å². The molecule has 0 aromatic heterocycles. The number of rotatable bonds is 5. The second-order valence-corrected chi connectivity index (χ2v) is 8.29. The fraction of sp³-hybridized carbons (Fsp3) is 0.320. The molecule has 2 heterocycles. The zero-order valence-corrected chi connectivity index (χ0v) is 17.3. The van der Waals surface area contributed by atoms with Crippen molar-refractivity contribution in [1.82, 2.24) is 10.2 Å². The maximum absolute atomic E-state index is 13.3. The lowest BCUT2D eigenvalue weighted by Gasteiger charge is -2.40. The first kappa shape index (κ1) is 19.5. The number of benzene rings is 2. The fourth-order valence-corrected chi connectivity index (χ4v) is 4.84. The van der Waals surface area contributed by atoms with Gasteiger partial charge in [-0.15, -0.1) is 0 Å². The molecule has 0 saturated carbocycles. The van der Waals surface area contributed by atoms with E-state index in [1.807, 2.05) is 24.3 Å². The number of nitrogens with one attached hydrogen (secondary N) is 1. The Morgan fingerprint density at radius 2 is 1.74 bits per heavy atom. The summed E-state index contributed by atoms with van der Waals surface area (Å²) < 4.78 is 0. The molecule has 0 bridgehead atoms. The molecule has 0 spiro atoms. The van der Waals surface area contributed by atoms with Gasteiger partial charge in [0.15, 0.2) is 0 Å². The number of nitrogens with zero attached hydrogens (tertiary/aromatic N) is 2. The van der Waals surface area contributed by atoms with Gasteiger partial charge in [0.1, 0.15) is 12.7 Å². The molecule has 3 aliphatic rings. The van der Waals surface area contributed by atoms with Gasteiger partial charge < -0.3 is 10.2 Å². The third-order valence-electron chi connectivity index (χ3n) is 6.35. The van der Waals surface area contributed by atoms with Crippen LogP contribution in [0.3, 0.4) is 0 Å². The number of para-hydroxylation sites is 1. The standard InChI is InChI=1S/C25H25N3O3/c29-22(26-15-14-17-8-2-1-3-9-17)16-27-23-18-10-4-5-11-19(18)25(31)28(23)21-13-7-6-12-20(21)24(27)30/h4-8,10-13,23H,1-3,9,14-16H2,(H,26,29)/t23-/m1/s1. The van der Waals surface area contributed by atoms with Crippen LogP contribution in [0.5, 0.6) is 0 Å². The highest BCUT2D eigenvalue weighted by atomic mass is 16.2. The zero-order chi connectivity index (χ0) is 21.4. The maximum Gasteiger partial charge on any atom is 0.260 e. The Hall–Kier alpha value is -3.41. The van der Waals surface area contributed by atoms with Gasteiger partial charge in [-0.2, -0.15) is 0 Å². The monoisotopic (exact) mass is 415 g/mol. The molecule has 2 aromatic rings. The Morgan fingerprint density at radius 3 is 2.55 bits per heavy atom. The number of carbonyl (C=O) groups is 3. The van der Waals surface area contributed by atoms with E-state index >= 15 is 0 Å². The van der Waals surface area contributed by atoms with Crippen LogP contribution in [0.25, 0.3) is 0 Å². The molecular weight excluding hydrogens is 390 g/mol. The normalized spacial score (nSPS) is 19.5. The molecule has 0 unspecified atom stereocenters. The summed E-state index contributed by atoms with van der Waals surface area (Å²) in [6.45, 7) is 0.474. The highest BCUT2D eigenvalue weighted by molar-refractivity contribution is 6.17. The highest BCUT2D eigenvalue weighted by Crippen LogP contribution is 2.44. The summed E-state index contributed by atoms with van der Waals surface area (Å²) >= 11 is 0. The van der Waals surface area contributed by atoms with Gasteiger partial charge in [-0.25, -0.2) is 0 Å². The summed E-state index contributed by atoms with van der Waals surface area (Å²) in [4.78, 5) is 42.4. The summed E-state index contributed by atoms with van der Waals surface area (Å²) in [5.74, 6) is -0.581. The third kappa shape index (κ3) is 3.42. The second kappa shape index (κ2) is 8.02. The van der Waals surface area contributed by atoms with E-state index in [9.17, 15) is 14.4 Å². The molecule has 1 atom stereocenters. The van der Waals surface area contributed by atoms with Gasteiger partial charge in [0, 0.05) is 17.7 Å². The van der Waals surface area contributed by atoms with Crippen LogP contribution in [0.4, 0.5) is 5.69 Å². The molecule has 0 radical (unpaired) electrons. The summed E-state index contributed by atoms with van der Waals surface area (Å²) in [6.07, 6.45) is 7.21. The van der Waals surface area contributed by atoms with Gasteiger partial charge in [-0.3, -0.25) is 19.3 Å². The van der Waals surface area contributed by atoms with E-state index in [4.69, 9.17) is 0 Å². The minimum Gasteiger partial charge on any atom is -0.354 e. The number of carbonyl (C=O) groups excluding carboxylic acids is 3. The van der Waals surface area contributed by atoms with Crippen LogP contribution in [0.2, 0.25) is 0 Å². The van der Waals surface area contributed by atoms with E-state index in [2.05, 4.69) is 11.4 Å². The summed E-state index contributed by atoms with van der Waals surface area (Å²) in [5, 5.41) is 2.96. The molecule has 0 saturated heterocycles. The largest absolute Gasteiger partial charge is 0.354 e. The van der Waals surface area contributed by atoms with Gasteiger partial charge in [0.05, 0.1) is 11.3 Å². The first-order valence-electron chi connectivity index (χ1n) is 10.9. The lowest BCUT2D eigenvalue weighted by atomic mass is 9.97. The first-order valence-corrected chi connectivity index (χ1v) is 10.9. The van der Waals surface area contributed by atoms with E-state index in [1.165, 1.54) is 23.3 Å². The molecule has 5 rings (SSSR count). The minimum atomic E-state index is -0.599. The van der Waals surface area contributed by atoms with Crippen LogP contribution in [-0.4, -0.2) is 35.7 Å². The SMILES string of the molecule is O=C(CN1C(=O)c2ccccc2N2C(=O)c3ccccc3[C@H]12)NCCC1=CCCCC1. The fourth-order valence-electron chi connectivity index (χ4n) is 4.84. The summed E-state index contributed by atoms with van der Waals surface area (Å²) in [6, 6.07) is 14.4. The predicted octanol–water partition coefficient (Wildman–Crippen LogP) is 3.81. The number of allylic oxidation sites excluding steroid dienone is 1. The molecular formula is C25H25N3O3. The van der Waals surface area contributed by atoms with E-state index in [1.54, 1.807) is 29.2 Å². The maximum atomic E-state index is 13.3. The van der Waals surface area contributed by atoms with Crippen molar-refractivity contribution in [2.75, 3.05) is 18.0 Å². The van der Waals surface area contributed by atoms with E-state index in [0.29, 0.717) is 23.4 Å². The number of amides is 3. The molecule has 31 heavy (non-hydrogen) atoms. The number of hydrogen-bond donors (Lipinski definition) is 1. The Morgan fingerprint density at radius 1 is 0.968 bits per heavy atom. The van der Waals surface area contributed by atoms with Crippen molar-refractivity contribution in [2.24, 2.45) is 0 Å². The van der Waals surface area contributed by atoms with Crippen molar-refractivity contribution in [1.29, 1.82) is 0 Å². The summed E-state index contributed by atoms with van der Waals surface area (Å²) in [5.41, 5.74) is 3.78. The van der Waals surface area contributed by atoms with E-state index in [0.717, 1.165) is 24.8 Å². The Balaban J connectivity index is 1.39. The van der Waals surface area contributed by atoms with Crippen LogP contribution in [0.1, 0.15) is 64.5 Å².